The van der Waals surface area contributed by atoms with Crippen molar-refractivity contribution in [3.05, 3.63) is 29.8 Å². The maximum absolute atomic E-state index is 11.2. The van der Waals surface area contributed by atoms with Crippen LogP contribution in [0.15, 0.2) is 24.3 Å². The van der Waals surface area contributed by atoms with E-state index >= 15 is 0 Å². The Kier molecular flexibility index (Phi) is 4.72. The normalized spacial score (nSPS) is 39.2. The molecule has 4 aliphatic rings. The summed E-state index contributed by atoms with van der Waals surface area (Å²) in [6.45, 7) is 9.40. The average molecular weight is 386 g/mol. The zero-order valence-corrected chi connectivity index (χ0v) is 17.4. The van der Waals surface area contributed by atoms with Crippen molar-refractivity contribution in [3.8, 4) is 5.75 Å². The topological polar surface area (TPSA) is 41.9 Å². The Hall–Kier alpha value is -1.10. The molecule has 5 rings (SSSR count). The van der Waals surface area contributed by atoms with Crippen molar-refractivity contribution < 1.29 is 14.6 Å². The number of nitrogens with zero attached hydrogens (tertiary/aromatic N) is 1. The number of aliphatic hydroxyl groups is 1. The molecule has 0 amide bonds. The lowest BCUT2D eigenvalue weighted by Gasteiger charge is -2.51. The van der Waals surface area contributed by atoms with Crippen LogP contribution < -0.4 is 4.74 Å². The number of hydrogen-bond donors (Lipinski definition) is 1. The lowest BCUT2D eigenvalue weighted by molar-refractivity contribution is -0.164. The van der Waals surface area contributed by atoms with Gasteiger partial charge in [0.2, 0.25) is 0 Å². The zero-order chi connectivity index (χ0) is 19.4. The molecular formula is C24H35NO3. The quantitative estimate of drug-likeness (QED) is 0.831. The Morgan fingerprint density at radius 2 is 2.00 bits per heavy atom. The molecule has 4 fully saturated rings. The second-order valence-corrected chi connectivity index (χ2v) is 10.2. The van der Waals surface area contributed by atoms with Crippen LogP contribution in [-0.2, 0) is 4.74 Å². The first-order valence-corrected chi connectivity index (χ1v) is 11.3. The van der Waals surface area contributed by atoms with Gasteiger partial charge in [0.15, 0.2) is 0 Å². The summed E-state index contributed by atoms with van der Waals surface area (Å²) in [6.07, 6.45) is 5.77. The molecule has 2 aliphatic carbocycles. The molecule has 4 heteroatoms. The van der Waals surface area contributed by atoms with E-state index in [-0.39, 0.29) is 23.0 Å². The largest absolute Gasteiger partial charge is 0.492 e. The Balaban J connectivity index is 1.35. The van der Waals surface area contributed by atoms with Gasteiger partial charge in [-0.05, 0) is 68.5 Å². The van der Waals surface area contributed by atoms with Crippen LogP contribution in [0.5, 0.6) is 5.75 Å². The number of likely N-dealkylation sites (tertiary alicyclic amines) is 1. The van der Waals surface area contributed by atoms with Crippen molar-refractivity contribution in [2.75, 3.05) is 32.8 Å². The summed E-state index contributed by atoms with van der Waals surface area (Å²) in [5.41, 5.74) is 1.25. The monoisotopic (exact) mass is 385 g/mol. The summed E-state index contributed by atoms with van der Waals surface area (Å²) in [5, 5.41) is 11.2. The van der Waals surface area contributed by atoms with Gasteiger partial charge in [0, 0.05) is 24.1 Å². The second kappa shape index (κ2) is 7.00. The summed E-state index contributed by atoms with van der Waals surface area (Å²) >= 11 is 0. The predicted molar refractivity (Wildman–Crippen MR) is 109 cm³/mol. The molecule has 154 valence electrons. The van der Waals surface area contributed by atoms with E-state index in [1.807, 2.05) is 0 Å². The molecule has 28 heavy (non-hydrogen) atoms. The first-order valence-electron chi connectivity index (χ1n) is 11.3. The Morgan fingerprint density at radius 1 is 1.21 bits per heavy atom. The summed E-state index contributed by atoms with van der Waals surface area (Å²) < 4.78 is 12.6. The van der Waals surface area contributed by atoms with Crippen molar-refractivity contribution in [1.29, 1.82) is 0 Å². The number of fused-ring (bicyclic) bond motifs is 1. The maximum Gasteiger partial charge on any atom is 0.125 e. The van der Waals surface area contributed by atoms with Crippen molar-refractivity contribution in [2.24, 2.45) is 22.7 Å². The molecule has 2 aliphatic heterocycles. The fourth-order valence-corrected chi connectivity index (χ4v) is 6.87. The highest BCUT2D eigenvalue weighted by atomic mass is 16.5. The second-order valence-electron chi connectivity index (χ2n) is 10.2. The molecule has 1 aromatic carbocycles. The molecule has 1 N–H and O–H groups in total. The van der Waals surface area contributed by atoms with Crippen LogP contribution in [0.2, 0.25) is 0 Å². The van der Waals surface area contributed by atoms with Crippen LogP contribution in [0, 0.1) is 22.7 Å². The van der Waals surface area contributed by atoms with Gasteiger partial charge in [-0.1, -0.05) is 32.0 Å². The predicted octanol–water partition coefficient (Wildman–Crippen LogP) is 4.04. The standard InChI is InChI=1S/C24H35NO3/c1-23(2)17-15-19-21(28-13-9-24(19,16-17)22(23)26)18-7-3-4-8-20(18)27-14-12-25-10-5-6-11-25/h3-4,7-8,17,19,21-22,26H,5-6,9-16H2,1-2H3/t17-,19-,21-,22-,24?/m1/s1. The fourth-order valence-electron chi connectivity index (χ4n) is 6.87. The molecule has 1 spiro atoms. The van der Waals surface area contributed by atoms with Crippen molar-refractivity contribution >= 4 is 0 Å². The molecule has 5 atom stereocenters. The number of rotatable bonds is 5. The van der Waals surface area contributed by atoms with Gasteiger partial charge in [0.05, 0.1) is 12.2 Å². The van der Waals surface area contributed by atoms with E-state index in [9.17, 15) is 5.11 Å². The third-order valence-electron chi connectivity index (χ3n) is 8.52. The fraction of sp³-hybridized carbons (Fsp3) is 0.750. The minimum absolute atomic E-state index is 0.0275. The van der Waals surface area contributed by atoms with E-state index in [0.29, 0.717) is 11.8 Å². The molecule has 2 saturated carbocycles. The van der Waals surface area contributed by atoms with Crippen LogP contribution in [-0.4, -0.2) is 49.0 Å². The van der Waals surface area contributed by atoms with Crippen molar-refractivity contribution in [2.45, 2.75) is 58.2 Å². The van der Waals surface area contributed by atoms with E-state index in [0.717, 1.165) is 44.8 Å². The van der Waals surface area contributed by atoms with Gasteiger partial charge in [-0.15, -0.1) is 0 Å². The maximum atomic E-state index is 11.2. The Labute approximate surface area is 169 Å². The van der Waals surface area contributed by atoms with Crippen LogP contribution in [0.1, 0.15) is 57.6 Å². The Bertz CT molecular complexity index is 714. The van der Waals surface area contributed by atoms with E-state index in [4.69, 9.17) is 9.47 Å². The van der Waals surface area contributed by atoms with Gasteiger partial charge in [0.25, 0.3) is 0 Å². The smallest absolute Gasteiger partial charge is 0.125 e. The summed E-state index contributed by atoms with van der Waals surface area (Å²) in [6, 6.07) is 8.43. The van der Waals surface area contributed by atoms with Crippen LogP contribution in [0.25, 0.3) is 0 Å². The molecule has 1 aromatic rings. The van der Waals surface area contributed by atoms with Gasteiger partial charge < -0.3 is 14.6 Å². The minimum Gasteiger partial charge on any atom is -0.492 e. The van der Waals surface area contributed by atoms with Crippen LogP contribution in [0.3, 0.4) is 0 Å². The summed E-state index contributed by atoms with van der Waals surface area (Å²) in [7, 11) is 0. The number of aliphatic hydroxyl groups excluding tert-OH is 1. The highest BCUT2D eigenvalue weighted by Gasteiger charge is 2.68. The first kappa shape index (κ1) is 18.9. The lowest BCUT2D eigenvalue weighted by Crippen LogP contribution is -2.51. The van der Waals surface area contributed by atoms with E-state index < -0.39 is 0 Å². The first-order chi connectivity index (χ1) is 13.5. The highest BCUT2D eigenvalue weighted by molar-refractivity contribution is 5.37. The molecule has 4 nitrogen and oxygen atoms in total. The highest BCUT2D eigenvalue weighted by Crippen LogP contribution is 2.70. The lowest BCUT2D eigenvalue weighted by atomic mass is 9.60. The molecule has 2 heterocycles. The minimum atomic E-state index is -0.224. The van der Waals surface area contributed by atoms with Gasteiger partial charge in [0.1, 0.15) is 12.4 Å². The number of benzene rings is 1. The molecule has 0 aromatic heterocycles. The third-order valence-corrected chi connectivity index (χ3v) is 8.52. The van der Waals surface area contributed by atoms with Crippen molar-refractivity contribution in [1.82, 2.24) is 4.90 Å². The molecule has 0 radical (unpaired) electrons. The Morgan fingerprint density at radius 3 is 2.79 bits per heavy atom. The van der Waals surface area contributed by atoms with Crippen LogP contribution >= 0.6 is 0 Å². The summed E-state index contributed by atoms with van der Waals surface area (Å²) in [5.74, 6) is 1.97. The van der Waals surface area contributed by atoms with E-state index in [1.54, 1.807) is 0 Å². The van der Waals surface area contributed by atoms with E-state index in [1.165, 1.54) is 31.5 Å². The number of hydrogen-bond acceptors (Lipinski definition) is 4. The molecule has 2 saturated heterocycles. The van der Waals surface area contributed by atoms with E-state index in [2.05, 4.69) is 43.0 Å². The van der Waals surface area contributed by atoms with Gasteiger partial charge in [-0.25, -0.2) is 0 Å². The molecule has 1 unspecified atom stereocenters. The summed E-state index contributed by atoms with van der Waals surface area (Å²) in [4.78, 5) is 2.49. The van der Waals surface area contributed by atoms with Crippen LogP contribution in [0.4, 0.5) is 0 Å². The third kappa shape index (κ3) is 2.83. The number of ether oxygens (including phenoxy) is 2. The average Bonchev–Trinajstić information content (AvgIpc) is 3.39. The van der Waals surface area contributed by atoms with Gasteiger partial charge in [-0.2, -0.15) is 0 Å². The zero-order valence-electron chi connectivity index (χ0n) is 17.4. The van der Waals surface area contributed by atoms with Crippen molar-refractivity contribution in [3.63, 3.8) is 0 Å². The molecular weight excluding hydrogens is 350 g/mol. The van der Waals surface area contributed by atoms with Gasteiger partial charge >= 0.3 is 0 Å². The number of para-hydroxylation sites is 1. The molecule has 2 bridgehead atoms. The SMILES string of the molecule is CC1(C)[C@@H]2C[C@@H]3[C@@H](c4ccccc4OCCN4CCCC4)OCCC3(C2)[C@@H]1O. The van der Waals surface area contributed by atoms with Gasteiger partial charge in [-0.3, -0.25) is 4.90 Å².